The van der Waals surface area contributed by atoms with Crippen molar-refractivity contribution < 1.29 is 12.8 Å². The zero-order chi connectivity index (χ0) is 24.6. The van der Waals surface area contributed by atoms with E-state index >= 15 is 0 Å². The van der Waals surface area contributed by atoms with Crippen LogP contribution in [0.3, 0.4) is 0 Å². The molecule has 0 atom stereocenters. The van der Waals surface area contributed by atoms with Crippen molar-refractivity contribution in [2.45, 2.75) is 24.8 Å². The minimum atomic E-state index is -3.69. The molecule has 176 valence electrons. The van der Waals surface area contributed by atoms with E-state index in [1.165, 1.54) is 28.6 Å². The van der Waals surface area contributed by atoms with Crippen molar-refractivity contribution in [3.8, 4) is 6.07 Å². The molecule has 2 heterocycles. The number of sulfonamides is 1. The molecule has 0 bridgehead atoms. The van der Waals surface area contributed by atoms with Crippen LogP contribution < -0.4 is 0 Å². The van der Waals surface area contributed by atoms with E-state index in [0.717, 1.165) is 33.3 Å². The Bertz CT molecular complexity index is 1600. The lowest BCUT2D eigenvalue weighted by atomic mass is 9.97. The van der Waals surface area contributed by atoms with Crippen molar-refractivity contribution in [3.63, 3.8) is 0 Å². The lowest BCUT2D eigenvalue weighted by Crippen LogP contribution is -2.34. The van der Waals surface area contributed by atoms with Gasteiger partial charge in [0.15, 0.2) is 0 Å². The molecule has 4 aromatic rings. The fraction of sp³-hybridized carbons (Fsp3) is 0.179. The first-order valence-corrected chi connectivity index (χ1v) is 12.8. The molecule has 3 aromatic carbocycles. The predicted octanol–water partition coefficient (Wildman–Crippen LogP) is 5.49. The third kappa shape index (κ3) is 4.27. The molecule has 0 saturated heterocycles. The van der Waals surface area contributed by atoms with Crippen LogP contribution in [0.2, 0.25) is 0 Å². The van der Waals surface area contributed by atoms with Gasteiger partial charge in [-0.25, -0.2) is 12.8 Å². The summed E-state index contributed by atoms with van der Waals surface area (Å²) in [4.78, 5) is 0.139. The molecule has 0 amide bonds. The van der Waals surface area contributed by atoms with Crippen LogP contribution in [0.5, 0.6) is 0 Å². The molecule has 0 N–H and O–H groups in total. The Morgan fingerprint density at radius 2 is 1.80 bits per heavy atom. The smallest absolute Gasteiger partial charge is 0.243 e. The molecule has 35 heavy (non-hydrogen) atoms. The fourth-order valence-electron chi connectivity index (χ4n) is 4.78. The number of hydrogen-bond acceptors (Lipinski definition) is 3. The van der Waals surface area contributed by atoms with Crippen LogP contribution in [-0.4, -0.2) is 30.4 Å². The van der Waals surface area contributed by atoms with Crippen molar-refractivity contribution >= 4 is 26.5 Å². The van der Waals surface area contributed by atoms with Crippen LogP contribution in [0.4, 0.5) is 4.39 Å². The van der Waals surface area contributed by atoms with Gasteiger partial charge in [-0.3, -0.25) is 0 Å². The highest BCUT2D eigenvalue weighted by atomic mass is 32.2. The highest BCUT2D eigenvalue weighted by molar-refractivity contribution is 7.89. The molecular formula is C28H24FN3O2S. The molecule has 0 unspecified atom stereocenters. The number of hydrogen-bond donors (Lipinski definition) is 0. The third-order valence-corrected chi connectivity index (χ3v) is 8.44. The van der Waals surface area contributed by atoms with Crippen molar-refractivity contribution in [2.24, 2.45) is 0 Å². The second kappa shape index (κ2) is 9.14. The van der Waals surface area contributed by atoms with E-state index in [1.807, 2.05) is 24.3 Å². The lowest BCUT2D eigenvalue weighted by molar-refractivity contribution is 0.441. The van der Waals surface area contributed by atoms with Gasteiger partial charge in [0.05, 0.1) is 16.5 Å². The number of halogens is 1. The second-order valence-corrected chi connectivity index (χ2v) is 10.6. The maximum absolute atomic E-state index is 13.4. The Balaban J connectivity index is 1.48. The van der Waals surface area contributed by atoms with E-state index in [4.69, 9.17) is 5.26 Å². The first kappa shape index (κ1) is 23.0. The molecule has 0 spiro atoms. The summed E-state index contributed by atoms with van der Waals surface area (Å²) in [7, 11) is -3.69. The van der Waals surface area contributed by atoms with Gasteiger partial charge in [0.25, 0.3) is 0 Å². The molecule has 0 aliphatic carbocycles. The van der Waals surface area contributed by atoms with E-state index in [1.54, 1.807) is 24.3 Å². The first-order chi connectivity index (χ1) is 16.9. The molecule has 0 radical (unpaired) electrons. The summed E-state index contributed by atoms with van der Waals surface area (Å²) in [5.74, 6) is -0.255. The van der Waals surface area contributed by atoms with Gasteiger partial charge >= 0.3 is 0 Å². The Kier molecular flexibility index (Phi) is 6.01. The summed E-state index contributed by atoms with van der Waals surface area (Å²) in [6.45, 7) is 3.33. The van der Waals surface area contributed by atoms with Gasteiger partial charge in [-0.05, 0) is 60.9 Å². The molecule has 1 aliphatic heterocycles. The monoisotopic (exact) mass is 485 g/mol. The van der Waals surface area contributed by atoms with Crippen LogP contribution in [-0.2, 0) is 16.6 Å². The Hall–Kier alpha value is -3.73. The topological polar surface area (TPSA) is 66.1 Å². The summed E-state index contributed by atoms with van der Waals surface area (Å²) in [5.41, 5.74) is 5.77. The SMILES string of the molecule is Cc1c(C2=CCN(S(=O)(=O)c3cccc(C#N)c3)CC2)c2ccccc2n1Cc1ccc(F)cc1. The molecule has 5 nitrogen and oxygen atoms in total. The fourth-order valence-corrected chi connectivity index (χ4v) is 6.21. The molecule has 0 fully saturated rings. The summed E-state index contributed by atoms with van der Waals surface area (Å²) in [5, 5.41) is 10.3. The van der Waals surface area contributed by atoms with Gasteiger partial charge in [0, 0.05) is 41.8 Å². The van der Waals surface area contributed by atoms with Crippen LogP contribution in [0.15, 0.2) is 83.8 Å². The second-order valence-electron chi connectivity index (χ2n) is 8.67. The van der Waals surface area contributed by atoms with E-state index in [-0.39, 0.29) is 17.3 Å². The maximum Gasteiger partial charge on any atom is 0.243 e. The van der Waals surface area contributed by atoms with Gasteiger partial charge in [-0.15, -0.1) is 0 Å². The Labute approximate surface area is 204 Å². The number of fused-ring (bicyclic) bond motifs is 1. The van der Waals surface area contributed by atoms with E-state index in [0.29, 0.717) is 25.1 Å². The molecule has 7 heteroatoms. The first-order valence-electron chi connectivity index (χ1n) is 11.4. The highest BCUT2D eigenvalue weighted by Gasteiger charge is 2.28. The minimum Gasteiger partial charge on any atom is -0.340 e. The summed E-state index contributed by atoms with van der Waals surface area (Å²) >= 11 is 0. The highest BCUT2D eigenvalue weighted by Crippen LogP contribution is 2.35. The predicted molar refractivity (Wildman–Crippen MR) is 135 cm³/mol. The standard InChI is InChI=1S/C28H24FN3O2S/c1-20-28(26-7-2-3-8-27(26)32(20)19-21-9-11-24(29)12-10-21)23-13-15-31(16-14-23)35(33,34)25-6-4-5-22(17-25)18-30/h2-13,17H,14-16,19H2,1H3. The van der Waals surface area contributed by atoms with Gasteiger partial charge in [-0.2, -0.15) is 9.57 Å². The number of rotatable bonds is 5. The van der Waals surface area contributed by atoms with Crippen molar-refractivity contribution in [1.82, 2.24) is 8.87 Å². The van der Waals surface area contributed by atoms with Gasteiger partial charge in [0.2, 0.25) is 10.0 Å². The Morgan fingerprint density at radius 1 is 1.03 bits per heavy atom. The van der Waals surface area contributed by atoms with Crippen LogP contribution in [0, 0.1) is 24.1 Å². The molecule has 0 saturated carbocycles. The van der Waals surface area contributed by atoms with Crippen molar-refractivity contribution in [1.29, 1.82) is 5.26 Å². The number of benzene rings is 3. The van der Waals surface area contributed by atoms with Crippen LogP contribution in [0.1, 0.15) is 28.8 Å². The largest absolute Gasteiger partial charge is 0.340 e. The molecular weight excluding hydrogens is 461 g/mol. The maximum atomic E-state index is 13.4. The average Bonchev–Trinajstić information content (AvgIpc) is 3.16. The minimum absolute atomic E-state index is 0.139. The van der Waals surface area contributed by atoms with Gasteiger partial charge < -0.3 is 4.57 Å². The zero-order valence-corrected chi connectivity index (χ0v) is 20.1. The van der Waals surface area contributed by atoms with Gasteiger partial charge in [-0.1, -0.05) is 42.5 Å². The third-order valence-electron chi connectivity index (χ3n) is 6.58. The van der Waals surface area contributed by atoms with Crippen LogP contribution >= 0.6 is 0 Å². The quantitative estimate of drug-likeness (QED) is 0.376. The summed E-state index contributed by atoms with van der Waals surface area (Å²) in [6, 6.07) is 22.9. The number of nitriles is 1. The van der Waals surface area contributed by atoms with E-state index in [9.17, 15) is 12.8 Å². The summed E-state index contributed by atoms with van der Waals surface area (Å²) in [6.07, 6.45) is 2.58. The van der Waals surface area contributed by atoms with Crippen molar-refractivity contribution in [3.05, 3.63) is 107 Å². The van der Waals surface area contributed by atoms with E-state index < -0.39 is 10.0 Å². The summed E-state index contributed by atoms with van der Waals surface area (Å²) < 4.78 is 43.4. The normalized spacial score (nSPS) is 14.6. The van der Waals surface area contributed by atoms with Crippen molar-refractivity contribution in [2.75, 3.05) is 13.1 Å². The lowest BCUT2D eigenvalue weighted by Gasteiger charge is -2.26. The molecule has 1 aliphatic rings. The van der Waals surface area contributed by atoms with E-state index in [2.05, 4.69) is 23.6 Å². The molecule has 1 aromatic heterocycles. The average molecular weight is 486 g/mol. The molecule has 5 rings (SSSR count). The number of aromatic nitrogens is 1. The van der Waals surface area contributed by atoms with Crippen LogP contribution in [0.25, 0.3) is 16.5 Å². The number of para-hydroxylation sites is 1. The zero-order valence-electron chi connectivity index (χ0n) is 19.3. The van der Waals surface area contributed by atoms with Gasteiger partial charge in [0.1, 0.15) is 5.82 Å². The number of nitrogens with zero attached hydrogens (tertiary/aromatic N) is 3. The Morgan fingerprint density at radius 3 is 2.51 bits per heavy atom.